The Balaban J connectivity index is 1.90. The highest BCUT2D eigenvalue weighted by Gasteiger charge is 2.48. The van der Waals surface area contributed by atoms with Crippen LogP contribution >= 0.6 is 0 Å². The summed E-state index contributed by atoms with van der Waals surface area (Å²) in [4.78, 5) is 26.1. The molecule has 1 aliphatic heterocycles. The number of rotatable bonds is 4. The van der Waals surface area contributed by atoms with Gasteiger partial charge in [-0.15, -0.1) is 0 Å². The first-order valence-electron chi connectivity index (χ1n) is 8.03. The van der Waals surface area contributed by atoms with E-state index in [-0.39, 0.29) is 11.9 Å². The predicted octanol–water partition coefficient (Wildman–Crippen LogP) is 1.68. The van der Waals surface area contributed by atoms with Crippen LogP contribution in [0.3, 0.4) is 0 Å². The Morgan fingerprint density at radius 3 is 2.68 bits per heavy atom. The minimum atomic E-state index is -0.960. The molecule has 0 bridgehead atoms. The zero-order valence-corrected chi connectivity index (χ0v) is 13.0. The number of imide groups is 1. The number of amides is 3. The largest absolute Gasteiger partial charge is 0.330 e. The molecule has 1 atom stereocenters. The number of nitrogens with two attached hydrogens (primary N) is 1. The van der Waals surface area contributed by atoms with Crippen LogP contribution in [0.4, 0.5) is 4.79 Å². The van der Waals surface area contributed by atoms with Crippen LogP contribution in [0, 0.1) is 0 Å². The van der Waals surface area contributed by atoms with Gasteiger partial charge in [-0.25, -0.2) is 4.79 Å². The summed E-state index contributed by atoms with van der Waals surface area (Å²) in [5, 5.41) is 2.86. The highest BCUT2D eigenvalue weighted by Crippen LogP contribution is 2.32. The zero-order valence-electron chi connectivity index (χ0n) is 13.0. The van der Waals surface area contributed by atoms with Gasteiger partial charge in [0.2, 0.25) is 0 Å². The molecule has 1 unspecified atom stereocenters. The summed E-state index contributed by atoms with van der Waals surface area (Å²) in [5.41, 5.74) is 8.08. The summed E-state index contributed by atoms with van der Waals surface area (Å²) >= 11 is 0. The van der Waals surface area contributed by atoms with Crippen molar-refractivity contribution in [2.24, 2.45) is 5.73 Å². The van der Waals surface area contributed by atoms with Gasteiger partial charge in [0.1, 0.15) is 5.54 Å². The maximum Gasteiger partial charge on any atom is 0.325 e. The Labute approximate surface area is 130 Å². The van der Waals surface area contributed by atoms with Crippen LogP contribution in [0.25, 0.3) is 0 Å². The molecular formula is C17H23N3O2. The number of nitrogens with one attached hydrogen (secondary N) is 1. The Morgan fingerprint density at radius 1 is 1.23 bits per heavy atom. The normalized spacial score (nSPS) is 24.4. The molecule has 5 nitrogen and oxygen atoms in total. The Bertz CT molecular complexity index is 614. The van der Waals surface area contributed by atoms with Crippen LogP contribution in [0.5, 0.6) is 0 Å². The third kappa shape index (κ3) is 2.39. The van der Waals surface area contributed by atoms with E-state index in [4.69, 9.17) is 5.73 Å². The summed E-state index contributed by atoms with van der Waals surface area (Å²) in [6, 6.07) is 5.86. The molecule has 1 fully saturated rings. The van der Waals surface area contributed by atoms with Crippen molar-refractivity contribution in [3.63, 3.8) is 0 Å². The second-order valence-electron chi connectivity index (χ2n) is 6.34. The third-order valence-electron chi connectivity index (χ3n) is 4.79. The third-order valence-corrected chi connectivity index (χ3v) is 4.79. The van der Waals surface area contributed by atoms with Crippen molar-refractivity contribution >= 4 is 11.9 Å². The first kappa shape index (κ1) is 15.0. The van der Waals surface area contributed by atoms with Crippen molar-refractivity contribution < 1.29 is 9.59 Å². The minimum Gasteiger partial charge on any atom is -0.330 e. The van der Waals surface area contributed by atoms with E-state index in [0.29, 0.717) is 19.5 Å². The topological polar surface area (TPSA) is 75.4 Å². The van der Waals surface area contributed by atoms with Crippen molar-refractivity contribution in [3.8, 4) is 0 Å². The molecular weight excluding hydrogens is 278 g/mol. The number of nitrogens with zero attached hydrogens (tertiary/aromatic N) is 1. The molecule has 2 aliphatic rings. The summed E-state index contributed by atoms with van der Waals surface area (Å²) < 4.78 is 0. The van der Waals surface area contributed by atoms with E-state index in [1.807, 2.05) is 6.07 Å². The van der Waals surface area contributed by atoms with Gasteiger partial charge >= 0.3 is 6.03 Å². The molecule has 0 radical (unpaired) electrons. The highest BCUT2D eigenvalue weighted by molar-refractivity contribution is 6.07. The Kier molecular flexibility index (Phi) is 3.91. The molecule has 118 valence electrons. The molecule has 3 rings (SSSR count). The molecule has 3 amide bonds. The average molecular weight is 301 g/mol. The van der Waals surface area contributed by atoms with Gasteiger partial charge in [0.15, 0.2) is 0 Å². The smallest absolute Gasteiger partial charge is 0.325 e. The van der Waals surface area contributed by atoms with E-state index in [0.717, 1.165) is 18.4 Å². The van der Waals surface area contributed by atoms with Crippen LogP contribution in [-0.2, 0) is 23.2 Å². The number of carbonyl (C=O) groups excluding carboxylic acids is 2. The summed E-state index contributed by atoms with van der Waals surface area (Å²) in [7, 11) is 0. The fraction of sp³-hybridized carbons (Fsp3) is 0.529. The lowest BCUT2D eigenvalue weighted by Crippen LogP contribution is -2.41. The second kappa shape index (κ2) is 5.72. The van der Waals surface area contributed by atoms with Gasteiger partial charge < -0.3 is 11.1 Å². The lowest BCUT2D eigenvalue weighted by molar-refractivity contribution is -0.131. The van der Waals surface area contributed by atoms with Crippen molar-refractivity contribution in [3.05, 3.63) is 34.9 Å². The summed E-state index contributed by atoms with van der Waals surface area (Å²) in [5.74, 6) is -0.179. The molecule has 1 heterocycles. The molecule has 3 N–H and O–H groups in total. The molecule has 1 aliphatic carbocycles. The maximum absolute atomic E-state index is 12.7. The van der Waals surface area contributed by atoms with Gasteiger partial charge in [-0.05, 0) is 62.3 Å². The van der Waals surface area contributed by atoms with Crippen molar-refractivity contribution in [1.29, 1.82) is 0 Å². The van der Waals surface area contributed by atoms with E-state index < -0.39 is 5.54 Å². The maximum atomic E-state index is 12.7. The molecule has 1 aromatic carbocycles. The van der Waals surface area contributed by atoms with Crippen LogP contribution < -0.4 is 11.1 Å². The Hall–Kier alpha value is -1.88. The lowest BCUT2D eigenvalue weighted by Gasteiger charge is -2.25. The van der Waals surface area contributed by atoms with Crippen LogP contribution in [-0.4, -0.2) is 29.9 Å². The minimum absolute atomic E-state index is 0.179. The van der Waals surface area contributed by atoms with Gasteiger partial charge in [-0.1, -0.05) is 18.2 Å². The Morgan fingerprint density at radius 2 is 1.95 bits per heavy atom. The number of urea groups is 1. The number of fused-ring (bicyclic) bond motifs is 1. The van der Waals surface area contributed by atoms with Gasteiger partial charge in [0.25, 0.3) is 5.91 Å². The highest BCUT2D eigenvalue weighted by atomic mass is 16.2. The van der Waals surface area contributed by atoms with Gasteiger partial charge in [0, 0.05) is 6.54 Å². The first-order chi connectivity index (χ1) is 10.6. The number of benzene rings is 1. The van der Waals surface area contributed by atoms with Gasteiger partial charge in [0.05, 0.1) is 0 Å². The molecule has 22 heavy (non-hydrogen) atoms. The molecule has 5 heteroatoms. The van der Waals surface area contributed by atoms with E-state index in [9.17, 15) is 9.59 Å². The number of aryl methyl sites for hydroxylation is 2. The van der Waals surface area contributed by atoms with Gasteiger partial charge in [-0.2, -0.15) is 0 Å². The first-order valence-corrected chi connectivity index (χ1v) is 8.03. The lowest BCUT2D eigenvalue weighted by atomic mass is 9.85. The number of hydrogen-bond donors (Lipinski definition) is 2. The zero-order chi connectivity index (χ0) is 15.7. The molecule has 0 aromatic heterocycles. The van der Waals surface area contributed by atoms with Crippen molar-refractivity contribution in [2.75, 3.05) is 13.1 Å². The molecule has 1 aromatic rings. The summed E-state index contributed by atoms with van der Waals surface area (Å²) in [6.07, 6.45) is 5.20. The predicted molar refractivity (Wildman–Crippen MR) is 84.4 cm³/mol. The number of hydrogen-bond acceptors (Lipinski definition) is 3. The summed E-state index contributed by atoms with van der Waals surface area (Å²) in [6.45, 7) is 2.63. The van der Waals surface area contributed by atoms with E-state index in [1.165, 1.54) is 28.9 Å². The van der Waals surface area contributed by atoms with Crippen LogP contribution in [0.15, 0.2) is 18.2 Å². The monoisotopic (exact) mass is 301 g/mol. The van der Waals surface area contributed by atoms with Crippen LogP contribution in [0.1, 0.15) is 42.9 Å². The molecule has 1 saturated heterocycles. The number of carbonyl (C=O) groups is 2. The molecule has 0 saturated carbocycles. The SMILES string of the molecule is CC1(c2ccc3c(c2)CCCC3)NC(=O)N(CCCN)C1=O. The van der Waals surface area contributed by atoms with E-state index in [1.54, 1.807) is 6.92 Å². The van der Waals surface area contributed by atoms with Gasteiger partial charge in [-0.3, -0.25) is 9.69 Å². The van der Waals surface area contributed by atoms with Crippen molar-refractivity contribution in [2.45, 2.75) is 44.6 Å². The second-order valence-corrected chi connectivity index (χ2v) is 6.34. The van der Waals surface area contributed by atoms with Crippen LogP contribution in [0.2, 0.25) is 0 Å². The fourth-order valence-corrected chi connectivity index (χ4v) is 3.39. The van der Waals surface area contributed by atoms with E-state index in [2.05, 4.69) is 17.4 Å². The van der Waals surface area contributed by atoms with Crippen molar-refractivity contribution in [1.82, 2.24) is 10.2 Å². The van der Waals surface area contributed by atoms with E-state index >= 15 is 0 Å². The fourth-order valence-electron chi connectivity index (χ4n) is 3.39. The molecule has 0 spiro atoms. The average Bonchev–Trinajstić information content (AvgIpc) is 2.75. The standard InChI is InChI=1S/C17H23N3O2/c1-17(15(21)20(10-4-9-18)16(22)19-17)14-8-7-12-5-2-3-6-13(12)11-14/h7-8,11H,2-6,9-10,18H2,1H3,(H,19,22). The quantitative estimate of drug-likeness (QED) is 0.831.